The van der Waals surface area contributed by atoms with E-state index in [-0.39, 0.29) is 11.9 Å². The van der Waals surface area contributed by atoms with Gasteiger partial charge in [-0.1, -0.05) is 54.6 Å². The Morgan fingerprint density at radius 1 is 0.909 bits per heavy atom. The molecule has 7 nitrogen and oxygen atoms in total. The molecular formula is C26H26N4O3. The molecule has 1 aliphatic rings. The zero-order valence-electron chi connectivity index (χ0n) is 19.0. The second-order valence-electron chi connectivity index (χ2n) is 8.68. The van der Waals surface area contributed by atoms with E-state index in [0.29, 0.717) is 29.7 Å². The van der Waals surface area contributed by atoms with Crippen LogP contribution in [0.3, 0.4) is 0 Å². The van der Waals surface area contributed by atoms with Crippen molar-refractivity contribution in [3.8, 4) is 0 Å². The Morgan fingerprint density at radius 2 is 1.61 bits per heavy atom. The van der Waals surface area contributed by atoms with Crippen LogP contribution in [0.15, 0.2) is 70.3 Å². The van der Waals surface area contributed by atoms with Gasteiger partial charge in [0.05, 0.1) is 11.4 Å². The maximum absolute atomic E-state index is 13.9. The first-order valence-electron chi connectivity index (χ1n) is 11.1. The maximum atomic E-state index is 13.9. The van der Waals surface area contributed by atoms with Crippen molar-refractivity contribution in [1.29, 1.82) is 0 Å². The lowest BCUT2D eigenvalue weighted by Gasteiger charge is -2.37. The quantitative estimate of drug-likeness (QED) is 0.490. The molecule has 3 heterocycles. The zero-order chi connectivity index (χ0) is 23.3. The molecule has 168 valence electrons. The summed E-state index contributed by atoms with van der Waals surface area (Å²) in [6.45, 7) is 0.589. The Hall–Kier alpha value is -3.87. The lowest BCUT2D eigenvalue weighted by atomic mass is 9.88. The van der Waals surface area contributed by atoms with Gasteiger partial charge in [-0.3, -0.25) is 18.7 Å². The van der Waals surface area contributed by atoms with Crippen LogP contribution >= 0.6 is 0 Å². The fraction of sp³-hybridized carbons (Fsp3) is 0.269. The summed E-state index contributed by atoms with van der Waals surface area (Å²) in [4.78, 5) is 41.0. The molecule has 2 aromatic heterocycles. The predicted octanol–water partition coefficient (Wildman–Crippen LogP) is 2.56. The van der Waals surface area contributed by atoms with Crippen LogP contribution < -0.4 is 11.2 Å². The van der Waals surface area contributed by atoms with Gasteiger partial charge in [-0.05, 0) is 35.6 Å². The van der Waals surface area contributed by atoms with Crippen LogP contribution in [0.2, 0.25) is 0 Å². The van der Waals surface area contributed by atoms with E-state index in [9.17, 15) is 14.4 Å². The lowest BCUT2D eigenvalue weighted by molar-refractivity contribution is 0.0650. The number of hydrogen-bond acceptors (Lipinski definition) is 3. The molecule has 0 fully saturated rings. The molecule has 0 aliphatic carbocycles. The molecule has 0 N–H and O–H groups in total. The number of amides is 1. The third-order valence-corrected chi connectivity index (χ3v) is 6.79. The topological polar surface area (TPSA) is 69.2 Å². The third-order valence-electron chi connectivity index (χ3n) is 6.79. The first kappa shape index (κ1) is 21.0. The summed E-state index contributed by atoms with van der Waals surface area (Å²) < 4.78 is 4.16. The standard InChI is InChI=1S/C26H26N4O3/c1-27-22(16-20-23(27)28(2)26(33)29(3)24(20)31)25(32)30-14-13-18-11-7-8-12-19(18)21(30)15-17-9-5-4-6-10-17/h4-12,16,21H,13-15H2,1-3H3. The smallest absolute Gasteiger partial charge is 0.330 e. The SMILES string of the molecule is Cn1c(=O)c2cc(C(=O)N3CCc4ccccc4C3Cc3ccccc3)n(C)c2n(C)c1=O. The van der Waals surface area contributed by atoms with E-state index in [1.807, 2.05) is 35.2 Å². The van der Waals surface area contributed by atoms with Gasteiger partial charge in [0, 0.05) is 27.7 Å². The molecule has 0 spiro atoms. The van der Waals surface area contributed by atoms with E-state index in [1.165, 1.54) is 17.2 Å². The number of aromatic nitrogens is 3. The highest BCUT2D eigenvalue weighted by molar-refractivity contribution is 5.98. The second kappa shape index (κ2) is 7.92. The van der Waals surface area contributed by atoms with Gasteiger partial charge >= 0.3 is 5.69 Å². The molecule has 5 rings (SSSR count). The van der Waals surface area contributed by atoms with Gasteiger partial charge in [-0.15, -0.1) is 0 Å². The molecule has 1 atom stereocenters. The average molecular weight is 443 g/mol. The number of carbonyl (C=O) groups is 1. The summed E-state index contributed by atoms with van der Waals surface area (Å²) in [5.74, 6) is -0.140. The largest absolute Gasteiger partial charge is 0.332 e. The van der Waals surface area contributed by atoms with Gasteiger partial charge in [0.25, 0.3) is 11.5 Å². The highest BCUT2D eigenvalue weighted by atomic mass is 16.2. The van der Waals surface area contributed by atoms with Crippen molar-refractivity contribution in [2.45, 2.75) is 18.9 Å². The Morgan fingerprint density at radius 3 is 2.36 bits per heavy atom. The molecule has 1 aliphatic heterocycles. The van der Waals surface area contributed by atoms with E-state index in [0.717, 1.165) is 22.1 Å². The minimum atomic E-state index is -0.415. The minimum absolute atomic E-state index is 0.116. The molecule has 1 amide bonds. The number of hydrogen-bond donors (Lipinski definition) is 0. The molecule has 7 heteroatoms. The normalized spacial score (nSPS) is 15.6. The molecule has 0 bridgehead atoms. The number of benzene rings is 2. The molecule has 0 radical (unpaired) electrons. The summed E-state index contributed by atoms with van der Waals surface area (Å²) >= 11 is 0. The average Bonchev–Trinajstić information content (AvgIpc) is 3.19. The van der Waals surface area contributed by atoms with Crippen LogP contribution in [0.4, 0.5) is 0 Å². The van der Waals surface area contributed by atoms with E-state index < -0.39 is 11.2 Å². The molecule has 4 aromatic rings. The highest BCUT2D eigenvalue weighted by Crippen LogP contribution is 2.34. The lowest BCUT2D eigenvalue weighted by Crippen LogP contribution is -2.41. The molecular weight excluding hydrogens is 416 g/mol. The Bertz CT molecular complexity index is 1490. The van der Waals surface area contributed by atoms with Crippen LogP contribution in [0.5, 0.6) is 0 Å². The first-order chi connectivity index (χ1) is 15.9. The maximum Gasteiger partial charge on any atom is 0.332 e. The minimum Gasteiger partial charge on any atom is -0.330 e. The Kier molecular flexibility index (Phi) is 5.04. The molecule has 1 unspecified atom stereocenters. The monoisotopic (exact) mass is 442 g/mol. The summed E-state index contributed by atoms with van der Waals surface area (Å²) in [6.07, 6.45) is 1.48. The molecule has 2 aromatic carbocycles. The van der Waals surface area contributed by atoms with E-state index in [4.69, 9.17) is 0 Å². The van der Waals surface area contributed by atoms with Crippen LogP contribution in [-0.4, -0.2) is 31.1 Å². The second-order valence-corrected chi connectivity index (χ2v) is 8.68. The van der Waals surface area contributed by atoms with Crippen molar-refractivity contribution in [3.63, 3.8) is 0 Å². The van der Waals surface area contributed by atoms with Crippen molar-refractivity contribution in [1.82, 2.24) is 18.6 Å². The predicted molar refractivity (Wildman–Crippen MR) is 127 cm³/mol. The fourth-order valence-electron chi connectivity index (χ4n) is 5.04. The van der Waals surface area contributed by atoms with Gasteiger partial charge in [0.15, 0.2) is 0 Å². The van der Waals surface area contributed by atoms with Crippen molar-refractivity contribution in [2.75, 3.05) is 6.54 Å². The number of carbonyl (C=O) groups excluding carboxylic acids is 1. The number of aryl methyl sites for hydroxylation is 2. The Balaban J connectivity index is 1.63. The van der Waals surface area contributed by atoms with Crippen LogP contribution in [0.25, 0.3) is 11.0 Å². The molecule has 0 saturated carbocycles. The van der Waals surface area contributed by atoms with E-state index in [1.54, 1.807) is 24.7 Å². The zero-order valence-corrected chi connectivity index (χ0v) is 19.0. The summed E-state index contributed by atoms with van der Waals surface area (Å²) in [6, 6.07) is 20.0. The van der Waals surface area contributed by atoms with Crippen molar-refractivity contribution in [3.05, 3.63) is 104 Å². The molecule has 0 saturated heterocycles. The summed E-state index contributed by atoms with van der Waals surface area (Å²) in [5.41, 5.74) is 3.61. The van der Waals surface area contributed by atoms with E-state index >= 15 is 0 Å². The summed E-state index contributed by atoms with van der Waals surface area (Å²) in [5, 5.41) is 0.363. The van der Waals surface area contributed by atoms with Crippen molar-refractivity contribution in [2.24, 2.45) is 21.1 Å². The van der Waals surface area contributed by atoms with Crippen LogP contribution in [-0.2, 0) is 34.0 Å². The number of fused-ring (bicyclic) bond motifs is 2. The van der Waals surface area contributed by atoms with Gasteiger partial charge in [-0.2, -0.15) is 0 Å². The van der Waals surface area contributed by atoms with Crippen LogP contribution in [0, 0.1) is 0 Å². The molecule has 33 heavy (non-hydrogen) atoms. The van der Waals surface area contributed by atoms with Gasteiger partial charge < -0.3 is 9.47 Å². The summed E-state index contributed by atoms with van der Waals surface area (Å²) in [7, 11) is 4.81. The van der Waals surface area contributed by atoms with Crippen LogP contribution in [0.1, 0.15) is 33.2 Å². The van der Waals surface area contributed by atoms with Gasteiger partial charge in [0.2, 0.25) is 0 Å². The van der Waals surface area contributed by atoms with Gasteiger partial charge in [-0.25, -0.2) is 4.79 Å². The van der Waals surface area contributed by atoms with Crippen molar-refractivity contribution < 1.29 is 4.79 Å². The first-order valence-corrected chi connectivity index (χ1v) is 11.1. The highest BCUT2D eigenvalue weighted by Gasteiger charge is 2.33. The third kappa shape index (κ3) is 3.31. The number of nitrogens with zero attached hydrogens (tertiary/aromatic N) is 4. The van der Waals surface area contributed by atoms with Crippen molar-refractivity contribution >= 4 is 16.9 Å². The van der Waals surface area contributed by atoms with E-state index in [2.05, 4.69) is 24.3 Å². The number of rotatable bonds is 3. The fourth-order valence-corrected chi connectivity index (χ4v) is 5.04. The Labute approximate surface area is 191 Å². The van der Waals surface area contributed by atoms with Gasteiger partial charge in [0.1, 0.15) is 11.3 Å².